The monoisotopic (exact) mass is 280 g/mol. The summed E-state index contributed by atoms with van der Waals surface area (Å²) in [6.07, 6.45) is 0.862. The Morgan fingerprint density at radius 3 is 2.68 bits per heavy atom. The van der Waals surface area contributed by atoms with E-state index in [2.05, 4.69) is 17.2 Å². The summed E-state index contributed by atoms with van der Waals surface area (Å²) in [7, 11) is 0. The van der Waals surface area contributed by atoms with E-state index in [1.54, 1.807) is 12.1 Å². The molecule has 0 saturated heterocycles. The van der Waals surface area contributed by atoms with Crippen LogP contribution in [0.2, 0.25) is 5.02 Å². The Morgan fingerprint density at radius 1 is 1.32 bits per heavy atom. The van der Waals surface area contributed by atoms with Crippen molar-refractivity contribution in [2.45, 2.75) is 26.4 Å². The number of nitrogens with two attached hydrogens (primary N) is 1. The summed E-state index contributed by atoms with van der Waals surface area (Å²) < 4.78 is 7.47. The highest BCUT2D eigenvalue weighted by atomic mass is 35.5. The van der Waals surface area contributed by atoms with Crippen molar-refractivity contribution in [1.82, 2.24) is 15.0 Å². The molecule has 0 radical (unpaired) electrons. The number of halogens is 1. The van der Waals surface area contributed by atoms with Crippen LogP contribution < -0.4 is 10.5 Å². The maximum absolute atomic E-state index is 5.81. The minimum atomic E-state index is 0.418. The highest BCUT2D eigenvalue weighted by Crippen LogP contribution is 2.15. The molecule has 0 amide bonds. The van der Waals surface area contributed by atoms with Gasteiger partial charge in [0.25, 0.3) is 0 Å². The molecule has 19 heavy (non-hydrogen) atoms. The van der Waals surface area contributed by atoms with E-state index in [0.29, 0.717) is 24.7 Å². The van der Waals surface area contributed by atoms with Gasteiger partial charge in [0.15, 0.2) is 0 Å². The van der Waals surface area contributed by atoms with Crippen LogP contribution in [0.25, 0.3) is 0 Å². The zero-order chi connectivity index (χ0) is 13.7. The Kier molecular flexibility index (Phi) is 4.76. The van der Waals surface area contributed by atoms with Crippen LogP contribution in [-0.4, -0.2) is 21.6 Å². The van der Waals surface area contributed by atoms with E-state index in [1.165, 1.54) is 0 Å². The fraction of sp³-hybridized carbons (Fsp3) is 0.385. The maximum atomic E-state index is 5.81. The van der Waals surface area contributed by atoms with E-state index in [-0.39, 0.29) is 0 Å². The van der Waals surface area contributed by atoms with Gasteiger partial charge in [-0.25, -0.2) is 4.68 Å². The predicted octanol–water partition coefficient (Wildman–Crippen LogP) is 2.03. The smallest absolute Gasteiger partial charge is 0.119 e. The Hall–Kier alpha value is -1.59. The van der Waals surface area contributed by atoms with E-state index in [9.17, 15) is 0 Å². The Bertz CT molecular complexity index is 524. The Morgan fingerprint density at radius 2 is 2.05 bits per heavy atom. The molecule has 0 aliphatic rings. The lowest BCUT2D eigenvalue weighted by atomic mass is 10.2. The van der Waals surface area contributed by atoms with Crippen LogP contribution in [0, 0.1) is 0 Å². The van der Waals surface area contributed by atoms with Crippen molar-refractivity contribution >= 4 is 11.6 Å². The van der Waals surface area contributed by atoms with Gasteiger partial charge in [-0.2, -0.15) is 0 Å². The largest absolute Gasteiger partial charge is 0.492 e. The Balaban J connectivity index is 1.92. The normalized spacial score (nSPS) is 10.7. The average Bonchev–Trinajstić information content (AvgIpc) is 2.83. The molecule has 1 heterocycles. The number of hydrogen-bond donors (Lipinski definition) is 1. The van der Waals surface area contributed by atoms with E-state index in [0.717, 1.165) is 23.6 Å². The molecule has 102 valence electrons. The van der Waals surface area contributed by atoms with Crippen LogP contribution in [0.5, 0.6) is 5.75 Å². The van der Waals surface area contributed by atoms with E-state index < -0.39 is 0 Å². The van der Waals surface area contributed by atoms with Crippen LogP contribution in [-0.2, 0) is 19.5 Å². The lowest BCUT2D eigenvalue weighted by Crippen LogP contribution is -2.13. The van der Waals surface area contributed by atoms with Gasteiger partial charge in [-0.3, -0.25) is 0 Å². The fourth-order valence-corrected chi connectivity index (χ4v) is 2.00. The number of ether oxygens (including phenoxy) is 1. The van der Waals surface area contributed by atoms with Gasteiger partial charge in [-0.1, -0.05) is 23.7 Å². The van der Waals surface area contributed by atoms with Gasteiger partial charge in [0.2, 0.25) is 0 Å². The van der Waals surface area contributed by atoms with Crippen LogP contribution in [0.15, 0.2) is 24.3 Å². The fourth-order valence-electron chi connectivity index (χ4n) is 1.87. The molecule has 2 rings (SSSR count). The number of benzene rings is 1. The molecule has 1 aromatic carbocycles. The van der Waals surface area contributed by atoms with Crippen LogP contribution in [0.4, 0.5) is 0 Å². The number of aromatic nitrogens is 3. The van der Waals surface area contributed by atoms with E-state index in [4.69, 9.17) is 22.1 Å². The van der Waals surface area contributed by atoms with Gasteiger partial charge in [0.05, 0.1) is 17.9 Å². The summed E-state index contributed by atoms with van der Waals surface area (Å²) in [5, 5.41) is 8.84. The van der Waals surface area contributed by atoms with Crippen molar-refractivity contribution in [3.63, 3.8) is 0 Å². The first-order valence-corrected chi connectivity index (χ1v) is 6.62. The SMILES string of the molecule is CCc1c(CN)nnn1CCOc1ccc(Cl)cc1. The Labute approximate surface area is 117 Å². The van der Waals surface area contributed by atoms with Gasteiger partial charge in [0, 0.05) is 11.6 Å². The van der Waals surface area contributed by atoms with Gasteiger partial charge in [-0.05, 0) is 30.7 Å². The van der Waals surface area contributed by atoms with Crippen molar-refractivity contribution in [2.75, 3.05) is 6.61 Å². The summed E-state index contributed by atoms with van der Waals surface area (Å²) in [6.45, 7) is 3.66. The average molecular weight is 281 g/mol. The topological polar surface area (TPSA) is 66.0 Å². The minimum Gasteiger partial charge on any atom is -0.492 e. The zero-order valence-electron chi connectivity index (χ0n) is 10.8. The van der Waals surface area contributed by atoms with Crippen LogP contribution >= 0.6 is 11.6 Å². The molecular weight excluding hydrogens is 264 g/mol. The lowest BCUT2D eigenvalue weighted by Gasteiger charge is -2.08. The molecule has 0 atom stereocenters. The molecule has 0 aliphatic heterocycles. The minimum absolute atomic E-state index is 0.418. The summed E-state index contributed by atoms with van der Waals surface area (Å²) in [4.78, 5) is 0. The van der Waals surface area contributed by atoms with Gasteiger partial charge < -0.3 is 10.5 Å². The molecule has 0 bridgehead atoms. The first kappa shape index (κ1) is 13.8. The maximum Gasteiger partial charge on any atom is 0.119 e. The third kappa shape index (κ3) is 3.45. The highest BCUT2D eigenvalue weighted by Gasteiger charge is 2.09. The molecule has 0 spiro atoms. The first-order chi connectivity index (χ1) is 9.24. The number of nitrogens with zero attached hydrogens (tertiary/aromatic N) is 3. The zero-order valence-corrected chi connectivity index (χ0v) is 11.6. The van der Waals surface area contributed by atoms with Crippen LogP contribution in [0.3, 0.4) is 0 Å². The van der Waals surface area contributed by atoms with Crippen LogP contribution in [0.1, 0.15) is 18.3 Å². The third-order valence-electron chi connectivity index (χ3n) is 2.83. The van der Waals surface area contributed by atoms with Gasteiger partial charge >= 0.3 is 0 Å². The number of rotatable bonds is 6. The summed E-state index contributed by atoms with van der Waals surface area (Å²) in [5.41, 5.74) is 7.54. The molecule has 2 N–H and O–H groups in total. The third-order valence-corrected chi connectivity index (χ3v) is 3.08. The quantitative estimate of drug-likeness (QED) is 0.879. The van der Waals surface area contributed by atoms with Gasteiger partial charge in [0.1, 0.15) is 12.4 Å². The van der Waals surface area contributed by atoms with Gasteiger partial charge in [-0.15, -0.1) is 5.10 Å². The second kappa shape index (κ2) is 6.54. The second-order valence-corrected chi connectivity index (χ2v) is 4.50. The molecular formula is C13H17ClN4O. The van der Waals surface area contributed by atoms with Crippen molar-refractivity contribution < 1.29 is 4.74 Å². The number of hydrogen-bond acceptors (Lipinski definition) is 4. The van der Waals surface area contributed by atoms with Crippen molar-refractivity contribution in [2.24, 2.45) is 5.73 Å². The van der Waals surface area contributed by atoms with E-state index in [1.807, 2.05) is 16.8 Å². The lowest BCUT2D eigenvalue weighted by molar-refractivity contribution is 0.287. The van der Waals surface area contributed by atoms with E-state index >= 15 is 0 Å². The standard InChI is InChI=1S/C13H17ClN4O/c1-2-13-12(9-15)16-17-18(13)7-8-19-11-5-3-10(14)4-6-11/h3-6H,2,7-9,15H2,1H3. The molecule has 1 aromatic heterocycles. The highest BCUT2D eigenvalue weighted by molar-refractivity contribution is 6.30. The second-order valence-electron chi connectivity index (χ2n) is 4.07. The summed E-state index contributed by atoms with van der Waals surface area (Å²) in [5.74, 6) is 0.793. The first-order valence-electron chi connectivity index (χ1n) is 6.24. The summed E-state index contributed by atoms with van der Waals surface area (Å²) in [6, 6.07) is 7.29. The summed E-state index contributed by atoms with van der Waals surface area (Å²) >= 11 is 5.81. The van der Waals surface area contributed by atoms with Crippen molar-refractivity contribution in [1.29, 1.82) is 0 Å². The van der Waals surface area contributed by atoms with Crippen molar-refractivity contribution in [3.8, 4) is 5.75 Å². The predicted molar refractivity (Wildman–Crippen MR) is 74.2 cm³/mol. The molecule has 0 fully saturated rings. The molecule has 6 heteroatoms. The molecule has 0 saturated carbocycles. The van der Waals surface area contributed by atoms with Crippen molar-refractivity contribution in [3.05, 3.63) is 40.7 Å². The molecule has 0 unspecified atom stereocenters. The molecule has 5 nitrogen and oxygen atoms in total. The molecule has 2 aromatic rings. The molecule has 0 aliphatic carbocycles.